The van der Waals surface area contributed by atoms with Crippen molar-refractivity contribution in [3.8, 4) is 0 Å². The van der Waals surface area contributed by atoms with Crippen LogP contribution in [0.1, 0.15) is 17.4 Å². The van der Waals surface area contributed by atoms with Gasteiger partial charge >= 0.3 is 23.6 Å². The molecule has 0 fully saturated rings. The normalized spacial score (nSPS) is 16.5. The molecular weight excluding hydrogens is 468 g/mol. The zero-order chi connectivity index (χ0) is 24.0. The Balaban J connectivity index is 1.83. The summed E-state index contributed by atoms with van der Waals surface area (Å²) in [6, 6.07) is 4.42. The van der Waals surface area contributed by atoms with Crippen molar-refractivity contribution in [1.82, 2.24) is 14.0 Å². The number of fused-ring (bicyclic) bond motifs is 1. The average Bonchev–Trinajstić information content (AvgIpc) is 3.22. The van der Waals surface area contributed by atoms with Crippen molar-refractivity contribution in [2.24, 2.45) is 20.0 Å². The highest BCUT2D eigenvalue weighted by Gasteiger charge is 2.48. The smallest absolute Gasteiger partial charge is 0.465 e. The Morgan fingerprint density at radius 2 is 1.88 bits per heavy atom. The number of hydrogen-bond acceptors (Lipinski definition) is 6. The number of rotatable bonds is 5. The number of carbonyl (C=O) groups excluding carboxylic acids is 3. The highest BCUT2D eigenvalue weighted by molar-refractivity contribution is 7.10. The molecule has 3 aromatic rings. The first-order valence-electron chi connectivity index (χ1n) is 10.2. The lowest BCUT2D eigenvalue weighted by Crippen LogP contribution is -2.51. The largest absolute Gasteiger partial charge is 0.505 e. The molecule has 3 heterocycles. The fourth-order valence-electron chi connectivity index (χ4n) is 3.78. The summed E-state index contributed by atoms with van der Waals surface area (Å²) in [5.41, 5.74) is 2.34. The van der Waals surface area contributed by atoms with Crippen LogP contribution in [0.3, 0.4) is 0 Å². The van der Waals surface area contributed by atoms with E-state index in [4.69, 9.17) is 16.3 Å². The summed E-state index contributed by atoms with van der Waals surface area (Å²) >= 11 is 7.67. The van der Waals surface area contributed by atoms with Crippen LogP contribution in [-0.2, 0) is 35.0 Å². The first-order chi connectivity index (χ1) is 15.6. The second kappa shape index (κ2) is 8.60. The Morgan fingerprint density at radius 3 is 2.52 bits per heavy atom. The van der Waals surface area contributed by atoms with E-state index in [1.807, 2.05) is 12.3 Å². The number of aryl methyl sites for hydroxylation is 3. The molecule has 0 aliphatic carbocycles. The van der Waals surface area contributed by atoms with Gasteiger partial charge in [0.15, 0.2) is 0 Å². The van der Waals surface area contributed by atoms with Crippen molar-refractivity contribution >= 4 is 63.8 Å². The van der Waals surface area contributed by atoms with Gasteiger partial charge in [0.05, 0.1) is 27.5 Å². The summed E-state index contributed by atoms with van der Waals surface area (Å²) in [7, 11) is 3.29. The van der Waals surface area contributed by atoms with E-state index < -0.39 is 23.8 Å². The molecule has 0 bridgehead atoms. The van der Waals surface area contributed by atoms with E-state index in [1.54, 1.807) is 39.2 Å². The van der Waals surface area contributed by atoms with E-state index in [1.165, 1.54) is 31.3 Å². The third-order valence-electron chi connectivity index (χ3n) is 5.61. The van der Waals surface area contributed by atoms with Crippen LogP contribution in [0.25, 0.3) is 11.0 Å². The Kier molecular flexibility index (Phi) is 5.98. The molecular formula is C22H22ClN4O5S+. The van der Waals surface area contributed by atoms with Gasteiger partial charge in [0.2, 0.25) is 5.92 Å². The molecule has 9 nitrogen and oxygen atoms in total. The van der Waals surface area contributed by atoms with Gasteiger partial charge < -0.3 is 4.74 Å². The molecule has 1 aromatic carbocycles. The van der Waals surface area contributed by atoms with Gasteiger partial charge in [-0.05, 0) is 36.9 Å². The predicted octanol–water partition coefficient (Wildman–Crippen LogP) is 2.96. The number of imidazole rings is 1. The van der Waals surface area contributed by atoms with Crippen LogP contribution in [0.4, 0.5) is 10.5 Å². The van der Waals surface area contributed by atoms with Gasteiger partial charge in [-0.25, -0.2) is 9.59 Å². The van der Waals surface area contributed by atoms with Crippen molar-refractivity contribution in [3.05, 3.63) is 49.5 Å². The number of carbonyl (C=O) groups is 3. The highest BCUT2D eigenvalue weighted by atomic mass is 35.5. The fourth-order valence-corrected chi connectivity index (χ4v) is 5.00. The summed E-state index contributed by atoms with van der Waals surface area (Å²) in [5, 5.41) is 2.32. The number of thiophene rings is 1. The molecule has 0 radical (unpaired) electrons. The summed E-state index contributed by atoms with van der Waals surface area (Å²) < 4.78 is 9.29. The van der Waals surface area contributed by atoms with E-state index in [-0.39, 0.29) is 18.8 Å². The molecule has 172 valence electrons. The van der Waals surface area contributed by atoms with E-state index in [0.29, 0.717) is 26.6 Å². The number of aromatic nitrogens is 2. The maximum Gasteiger partial charge on any atom is 0.505 e. The second-order valence-corrected chi connectivity index (χ2v) is 9.03. The first-order valence-corrected chi connectivity index (χ1v) is 11.5. The molecule has 33 heavy (non-hydrogen) atoms. The van der Waals surface area contributed by atoms with E-state index in [2.05, 4.69) is 0 Å². The lowest BCUT2D eigenvalue weighted by atomic mass is 10.1. The maximum atomic E-state index is 13.4. The summed E-state index contributed by atoms with van der Waals surface area (Å²) in [5.74, 6) is -2.71. The Bertz CT molecular complexity index is 1400. The molecule has 1 aliphatic rings. The number of ether oxygens (including phenoxy) is 1. The third-order valence-corrected chi connectivity index (χ3v) is 7.34. The number of esters is 1. The summed E-state index contributed by atoms with van der Waals surface area (Å²) in [4.78, 5) is 53.0. The van der Waals surface area contributed by atoms with Gasteiger partial charge in [-0.15, -0.1) is 11.3 Å². The lowest BCUT2D eigenvalue weighted by Gasteiger charge is -2.22. The van der Waals surface area contributed by atoms with Crippen molar-refractivity contribution in [1.29, 1.82) is 0 Å². The molecule has 1 aliphatic heterocycles. The molecule has 0 N–H and O–H groups in total. The minimum atomic E-state index is -1.29. The molecule has 0 spiro atoms. The molecule has 3 amide bonds. The minimum Gasteiger partial charge on any atom is -0.465 e. The van der Waals surface area contributed by atoms with E-state index >= 15 is 0 Å². The molecule has 1 unspecified atom stereocenters. The monoisotopic (exact) mass is 489 g/mol. The Hall–Kier alpha value is -3.24. The second-order valence-electron chi connectivity index (χ2n) is 7.69. The van der Waals surface area contributed by atoms with Gasteiger partial charge in [-0.2, -0.15) is 14.3 Å². The average molecular weight is 490 g/mol. The number of imide groups is 1. The number of amides is 3. The van der Waals surface area contributed by atoms with Crippen molar-refractivity contribution in [2.45, 2.75) is 20.4 Å². The van der Waals surface area contributed by atoms with Gasteiger partial charge in [0.1, 0.15) is 18.4 Å². The van der Waals surface area contributed by atoms with Crippen molar-refractivity contribution < 1.29 is 23.7 Å². The van der Waals surface area contributed by atoms with Crippen LogP contribution in [-0.4, -0.2) is 49.3 Å². The SMILES string of the molecule is CCOC(=O)C1C=[N+](c2ccc3c(c2)n(C)c(=O)n3C)C(=O)N(Cc2scc(C)c2Cl)C1=O. The molecule has 11 heteroatoms. The summed E-state index contributed by atoms with van der Waals surface area (Å²) in [6.07, 6.45) is 1.27. The first kappa shape index (κ1) is 22.9. The van der Waals surface area contributed by atoms with Gasteiger partial charge in [0.25, 0.3) is 0 Å². The number of benzene rings is 1. The molecule has 1 atom stereocenters. The van der Waals surface area contributed by atoms with Crippen LogP contribution in [0.2, 0.25) is 5.02 Å². The van der Waals surface area contributed by atoms with Gasteiger partial charge in [0, 0.05) is 20.2 Å². The van der Waals surface area contributed by atoms with Crippen LogP contribution in [0.5, 0.6) is 0 Å². The molecule has 0 saturated heterocycles. The number of urea groups is 1. The standard InChI is InChI=1S/C22H22ClN4O5S/c1-5-32-20(29)14-9-26(13-6-7-15-16(8-13)25(4)21(30)24(15)3)22(31)27(19(14)28)10-17-18(23)12(2)11-33-17/h6-9,11,14H,5,10H2,1-4H3/q+1. The Labute approximate surface area is 198 Å². The van der Waals surface area contributed by atoms with Gasteiger partial charge in [-0.3, -0.25) is 13.9 Å². The highest BCUT2D eigenvalue weighted by Crippen LogP contribution is 2.31. The number of halogens is 1. The zero-order valence-corrected chi connectivity index (χ0v) is 20.1. The van der Waals surface area contributed by atoms with E-state index in [9.17, 15) is 19.2 Å². The topological polar surface area (TPSA) is 93.6 Å². The maximum absolute atomic E-state index is 13.4. The number of hydrogen-bond donors (Lipinski definition) is 0. The van der Waals surface area contributed by atoms with Crippen molar-refractivity contribution in [3.63, 3.8) is 0 Å². The van der Waals surface area contributed by atoms with Gasteiger partial charge in [-0.1, -0.05) is 11.6 Å². The van der Waals surface area contributed by atoms with E-state index in [0.717, 1.165) is 10.5 Å². The lowest BCUT2D eigenvalue weighted by molar-refractivity contribution is -0.344. The van der Waals surface area contributed by atoms with Crippen LogP contribution in [0.15, 0.2) is 28.4 Å². The Morgan fingerprint density at radius 1 is 1.18 bits per heavy atom. The third kappa shape index (κ3) is 3.79. The quantitative estimate of drug-likeness (QED) is 0.312. The number of nitrogens with zero attached hydrogens (tertiary/aromatic N) is 4. The summed E-state index contributed by atoms with van der Waals surface area (Å²) in [6.45, 7) is 3.51. The van der Waals surface area contributed by atoms with Crippen molar-refractivity contribution in [2.75, 3.05) is 6.61 Å². The van der Waals surface area contributed by atoms with Crippen LogP contribution in [0, 0.1) is 12.8 Å². The van der Waals surface area contributed by atoms with Crippen LogP contribution < -0.4 is 5.69 Å². The minimum absolute atomic E-state index is 0.0681. The predicted molar refractivity (Wildman–Crippen MR) is 124 cm³/mol. The molecule has 0 saturated carbocycles. The molecule has 4 rings (SSSR count). The zero-order valence-electron chi connectivity index (χ0n) is 18.5. The molecule has 2 aromatic heterocycles. The fraction of sp³-hybridized carbons (Fsp3) is 0.318. The van der Waals surface area contributed by atoms with Crippen LogP contribution >= 0.6 is 22.9 Å².